The lowest BCUT2D eigenvalue weighted by Crippen LogP contribution is -2.26. The Kier molecular flexibility index (Phi) is 7.33. The largest absolute Gasteiger partial charge is 0.396 e. The molecule has 0 fully saturated rings. The van der Waals surface area contributed by atoms with E-state index < -0.39 is 9.84 Å². The van der Waals surface area contributed by atoms with Crippen molar-refractivity contribution in [3.63, 3.8) is 0 Å². The van der Waals surface area contributed by atoms with E-state index in [2.05, 4.69) is 5.32 Å². The van der Waals surface area contributed by atoms with Gasteiger partial charge < -0.3 is 10.4 Å². The Morgan fingerprint density at radius 2 is 2.06 bits per heavy atom. The molecule has 0 heterocycles. The Balaban J connectivity index is 3.52. The van der Waals surface area contributed by atoms with E-state index in [0.29, 0.717) is 6.54 Å². The zero-order valence-corrected chi connectivity index (χ0v) is 10.7. The molecule has 0 aliphatic carbocycles. The Morgan fingerprint density at radius 1 is 1.44 bits per heavy atom. The SMILES string of the molecule is CC(CO)CCCNC(=O)CCS(C)(=O)=O. The molecule has 96 valence electrons. The van der Waals surface area contributed by atoms with Crippen LogP contribution >= 0.6 is 0 Å². The molecule has 16 heavy (non-hydrogen) atoms. The van der Waals surface area contributed by atoms with Crippen LogP contribution in [0.5, 0.6) is 0 Å². The van der Waals surface area contributed by atoms with Gasteiger partial charge in [-0.2, -0.15) is 0 Å². The minimum atomic E-state index is -3.06. The number of nitrogens with one attached hydrogen (secondary N) is 1. The second kappa shape index (κ2) is 7.62. The summed E-state index contributed by atoms with van der Waals surface area (Å²) in [5.74, 6) is -0.0960. The monoisotopic (exact) mass is 251 g/mol. The van der Waals surface area contributed by atoms with Gasteiger partial charge in [-0.25, -0.2) is 8.42 Å². The molecular formula is C10H21NO4S. The molecule has 0 saturated heterocycles. The van der Waals surface area contributed by atoms with Crippen molar-refractivity contribution in [1.82, 2.24) is 5.32 Å². The Hall–Kier alpha value is -0.620. The molecule has 0 aromatic heterocycles. The number of aliphatic hydroxyl groups excluding tert-OH is 1. The molecule has 0 aromatic carbocycles. The summed E-state index contributed by atoms with van der Waals surface area (Å²) >= 11 is 0. The van der Waals surface area contributed by atoms with Crippen molar-refractivity contribution in [3.8, 4) is 0 Å². The van der Waals surface area contributed by atoms with Crippen molar-refractivity contribution in [1.29, 1.82) is 0 Å². The Bertz CT molecular complexity index is 300. The highest BCUT2D eigenvalue weighted by Gasteiger charge is 2.07. The van der Waals surface area contributed by atoms with Crippen LogP contribution in [0.3, 0.4) is 0 Å². The van der Waals surface area contributed by atoms with Gasteiger partial charge in [0.05, 0.1) is 5.75 Å². The van der Waals surface area contributed by atoms with Crippen LogP contribution in [0.25, 0.3) is 0 Å². The quantitative estimate of drug-likeness (QED) is 0.592. The fraction of sp³-hybridized carbons (Fsp3) is 0.900. The van der Waals surface area contributed by atoms with E-state index >= 15 is 0 Å². The number of amides is 1. The zero-order valence-electron chi connectivity index (χ0n) is 9.90. The summed E-state index contributed by atoms with van der Waals surface area (Å²) in [5.41, 5.74) is 0. The molecule has 1 amide bonds. The summed E-state index contributed by atoms with van der Waals surface area (Å²) in [6.07, 6.45) is 2.78. The topological polar surface area (TPSA) is 83.5 Å². The molecule has 6 heteroatoms. The molecule has 0 aliphatic rings. The summed E-state index contributed by atoms with van der Waals surface area (Å²) in [4.78, 5) is 11.2. The number of rotatable bonds is 8. The second-order valence-corrected chi connectivity index (χ2v) is 6.42. The zero-order chi connectivity index (χ0) is 12.6. The molecule has 0 spiro atoms. The van der Waals surface area contributed by atoms with E-state index in [9.17, 15) is 13.2 Å². The van der Waals surface area contributed by atoms with Gasteiger partial charge in [0.2, 0.25) is 5.91 Å². The lowest BCUT2D eigenvalue weighted by atomic mass is 10.1. The van der Waals surface area contributed by atoms with Crippen LogP contribution < -0.4 is 5.32 Å². The fourth-order valence-electron chi connectivity index (χ4n) is 1.14. The Labute approximate surface area is 97.2 Å². The van der Waals surface area contributed by atoms with E-state index in [1.807, 2.05) is 6.92 Å². The lowest BCUT2D eigenvalue weighted by molar-refractivity contribution is -0.120. The number of aliphatic hydroxyl groups is 1. The molecular weight excluding hydrogens is 230 g/mol. The maximum atomic E-state index is 11.2. The molecule has 1 unspecified atom stereocenters. The van der Waals surface area contributed by atoms with Crippen LogP contribution in [0.4, 0.5) is 0 Å². The first-order valence-corrected chi connectivity index (χ1v) is 7.46. The first kappa shape index (κ1) is 15.4. The van der Waals surface area contributed by atoms with Crippen LogP contribution in [-0.4, -0.2) is 44.6 Å². The molecule has 0 rings (SSSR count). The van der Waals surface area contributed by atoms with Crippen molar-refractivity contribution in [3.05, 3.63) is 0 Å². The Morgan fingerprint density at radius 3 is 2.56 bits per heavy atom. The van der Waals surface area contributed by atoms with Gasteiger partial charge in [0.1, 0.15) is 9.84 Å². The highest BCUT2D eigenvalue weighted by atomic mass is 32.2. The lowest BCUT2D eigenvalue weighted by Gasteiger charge is -2.08. The molecule has 0 aromatic rings. The molecule has 0 bridgehead atoms. The van der Waals surface area contributed by atoms with Crippen LogP contribution in [0, 0.1) is 5.92 Å². The van der Waals surface area contributed by atoms with E-state index in [0.717, 1.165) is 19.1 Å². The summed E-state index contributed by atoms with van der Waals surface area (Å²) in [7, 11) is -3.06. The summed E-state index contributed by atoms with van der Waals surface area (Å²) in [6, 6.07) is 0. The first-order chi connectivity index (χ1) is 7.35. The van der Waals surface area contributed by atoms with Crippen molar-refractivity contribution in [2.75, 3.05) is 25.2 Å². The van der Waals surface area contributed by atoms with Gasteiger partial charge in [-0.05, 0) is 18.8 Å². The summed E-state index contributed by atoms with van der Waals surface area (Å²) in [5, 5.41) is 11.4. The molecule has 5 nitrogen and oxygen atoms in total. The van der Waals surface area contributed by atoms with E-state index in [4.69, 9.17) is 5.11 Å². The highest BCUT2D eigenvalue weighted by Crippen LogP contribution is 2.02. The van der Waals surface area contributed by atoms with Crippen molar-refractivity contribution in [2.24, 2.45) is 5.92 Å². The summed E-state index contributed by atoms with van der Waals surface area (Å²) in [6.45, 7) is 2.63. The van der Waals surface area contributed by atoms with Gasteiger partial charge >= 0.3 is 0 Å². The maximum Gasteiger partial charge on any atom is 0.221 e. The second-order valence-electron chi connectivity index (χ2n) is 4.16. The standard InChI is InChI=1S/C10H21NO4S/c1-9(8-12)4-3-6-11-10(13)5-7-16(2,14)15/h9,12H,3-8H2,1-2H3,(H,11,13). The molecule has 0 radical (unpaired) electrons. The van der Waals surface area contributed by atoms with Gasteiger partial charge in [-0.1, -0.05) is 6.92 Å². The predicted octanol–water partition coefficient (Wildman–Crippen LogP) is -0.0541. The summed E-state index contributed by atoms with van der Waals surface area (Å²) < 4.78 is 21.6. The van der Waals surface area contributed by atoms with Gasteiger partial charge in [0, 0.05) is 25.8 Å². The van der Waals surface area contributed by atoms with Gasteiger partial charge in [-0.3, -0.25) is 4.79 Å². The van der Waals surface area contributed by atoms with Crippen LogP contribution in [0.15, 0.2) is 0 Å². The fourth-order valence-corrected chi connectivity index (χ4v) is 1.69. The molecule has 2 N–H and O–H groups in total. The minimum Gasteiger partial charge on any atom is -0.396 e. The third-order valence-corrected chi connectivity index (χ3v) is 3.15. The maximum absolute atomic E-state index is 11.2. The molecule has 0 saturated carbocycles. The van der Waals surface area contributed by atoms with E-state index in [-0.39, 0.29) is 30.6 Å². The average Bonchev–Trinajstić information content (AvgIpc) is 2.20. The highest BCUT2D eigenvalue weighted by molar-refractivity contribution is 7.90. The van der Waals surface area contributed by atoms with Crippen molar-refractivity contribution in [2.45, 2.75) is 26.2 Å². The smallest absolute Gasteiger partial charge is 0.221 e. The van der Waals surface area contributed by atoms with Gasteiger partial charge in [0.25, 0.3) is 0 Å². The minimum absolute atomic E-state index is 0.0222. The van der Waals surface area contributed by atoms with Crippen molar-refractivity contribution >= 4 is 15.7 Å². The number of hydrogen-bond donors (Lipinski definition) is 2. The van der Waals surface area contributed by atoms with Crippen LogP contribution in [0.1, 0.15) is 26.2 Å². The van der Waals surface area contributed by atoms with E-state index in [1.165, 1.54) is 0 Å². The van der Waals surface area contributed by atoms with Gasteiger partial charge in [0.15, 0.2) is 0 Å². The third kappa shape index (κ3) is 9.92. The van der Waals surface area contributed by atoms with E-state index in [1.54, 1.807) is 0 Å². The van der Waals surface area contributed by atoms with Crippen LogP contribution in [-0.2, 0) is 14.6 Å². The first-order valence-electron chi connectivity index (χ1n) is 5.40. The van der Waals surface area contributed by atoms with Crippen LogP contribution in [0.2, 0.25) is 0 Å². The normalized spacial score (nSPS) is 13.4. The molecule has 0 aliphatic heterocycles. The average molecular weight is 251 g/mol. The number of sulfone groups is 1. The number of carbonyl (C=O) groups is 1. The van der Waals surface area contributed by atoms with Crippen molar-refractivity contribution < 1.29 is 18.3 Å². The van der Waals surface area contributed by atoms with Gasteiger partial charge in [-0.15, -0.1) is 0 Å². The predicted molar refractivity (Wildman–Crippen MR) is 62.8 cm³/mol. The number of hydrogen-bond acceptors (Lipinski definition) is 4. The third-order valence-electron chi connectivity index (χ3n) is 2.21. The number of carbonyl (C=O) groups excluding carboxylic acids is 1. The molecule has 1 atom stereocenters.